The molecule has 2 amide bonds. The second kappa shape index (κ2) is 10.2. The van der Waals surface area contributed by atoms with Crippen molar-refractivity contribution >= 4 is 23.4 Å². The first-order valence-corrected chi connectivity index (χ1v) is 12.4. The summed E-state index contributed by atoms with van der Waals surface area (Å²) in [7, 11) is 0. The second-order valence-corrected chi connectivity index (χ2v) is 9.69. The maximum atomic E-state index is 13.2. The number of hydrogen-bond acceptors (Lipinski definition) is 4. The third kappa shape index (κ3) is 5.11. The number of piperidine rings is 1. The van der Waals surface area contributed by atoms with Crippen LogP contribution in [0, 0.1) is 12.8 Å². The highest BCUT2D eigenvalue weighted by atomic mass is 35.5. The number of aromatic nitrogens is 2. The molecule has 1 saturated heterocycles. The molecular formula is C27H29ClN4O3. The molecule has 2 aromatic carbocycles. The number of nitrogens with zero attached hydrogens (tertiary/aromatic N) is 3. The third-order valence-corrected chi connectivity index (χ3v) is 7.31. The van der Waals surface area contributed by atoms with Gasteiger partial charge in [-0.1, -0.05) is 59.6 Å². The Morgan fingerprint density at radius 2 is 1.86 bits per heavy atom. The van der Waals surface area contributed by atoms with Crippen LogP contribution in [0.1, 0.15) is 51.8 Å². The molecule has 3 heterocycles. The average molecular weight is 493 g/mol. The van der Waals surface area contributed by atoms with Crippen LogP contribution in [-0.4, -0.2) is 39.4 Å². The van der Waals surface area contributed by atoms with Gasteiger partial charge in [-0.15, -0.1) is 0 Å². The van der Waals surface area contributed by atoms with E-state index < -0.39 is 0 Å². The SMILES string of the molecule is Cc1ccc(C2Cn3cnc(C(=O)N4CCC(C(=O)NCc5ccccc5Cl)CC4)c3CO2)cc1. The minimum Gasteiger partial charge on any atom is -0.365 e. The van der Waals surface area contributed by atoms with E-state index in [-0.39, 0.29) is 23.8 Å². The van der Waals surface area contributed by atoms with E-state index in [9.17, 15) is 9.59 Å². The highest BCUT2D eigenvalue weighted by Gasteiger charge is 2.32. The van der Waals surface area contributed by atoms with Crippen LogP contribution in [0.4, 0.5) is 0 Å². The lowest BCUT2D eigenvalue weighted by Crippen LogP contribution is -2.43. The first kappa shape index (κ1) is 23.6. The summed E-state index contributed by atoms with van der Waals surface area (Å²) < 4.78 is 8.12. The van der Waals surface area contributed by atoms with Gasteiger partial charge in [0, 0.05) is 30.6 Å². The smallest absolute Gasteiger partial charge is 0.274 e. The minimum absolute atomic E-state index is 0.00642. The van der Waals surface area contributed by atoms with E-state index in [0.717, 1.165) is 16.8 Å². The summed E-state index contributed by atoms with van der Waals surface area (Å²) in [6, 6.07) is 15.8. The van der Waals surface area contributed by atoms with E-state index in [1.165, 1.54) is 5.56 Å². The number of carbonyl (C=O) groups excluding carboxylic acids is 2. The molecule has 182 valence electrons. The number of imidazole rings is 1. The molecule has 35 heavy (non-hydrogen) atoms. The van der Waals surface area contributed by atoms with Crippen LogP contribution in [0.5, 0.6) is 0 Å². The third-order valence-electron chi connectivity index (χ3n) is 6.95. The molecule has 2 aliphatic heterocycles. The summed E-state index contributed by atoms with van der Waals surface area (Å²) in [6.45, 7) is 4.51. The van der Waals surface area contributed by atoms with E-state index in [4.69, 9.17) is 16.3 Å². The van der Waals surface area contributed by atoms with Gasteiger partial charge in [0.25, 0.3) is 5.91 Å². The zero-order valence-electron chi connectivity index (χ0n) is 19.7. The van der Waals surface area contributed by atoms with Crippen molar-refractivity contribution in [3.05, 3.63) is 88.0 Å². The number of halogens is 1. The molecule has 1 fully saturated rings. The number of fused-ring (bicyclic) bond motifs is 1. The Morgan fingerprint density at radius 1 is 1.11 bits per heavy atom. The Bertz CT molecular complexity index is 1220. The van der Waals surface area contributed by atoms with Crippen molar-refractivity contribution in [3.63, 3.8) is 0 Å². The monoisotopic (exact) mass is 492 g/mol. The lowest BCUT2D eigenvalue weighted by molar-refractivity contribution is -0.126. The van der Waals surface area contributed by atoms with Gasteiger partial charge in [-0.3, -0.25) is 9.59 Å². The minimum atomic E-state index is -0.115. The first-order valence-electron chi connectivity index (χ1n) is 12.0. The standard InChI is InChI=1S/C27H29ClN4O3/c1-18-6-8-19(9-7-18)24-15-32-17-30-25(23(32)16-35-24)27(34)31-12-10-20(11-13-31)26(33)29-14-21-4-2-3-5-22(21)28/h2-9,17,20,24H,10-16H2,1H3,(H,29,33). The quantitative estimate of drug-likeness (QED) is 0.576. The molecule has 1 N–H and O–H groups in total. The largest absolute Gasteiger partial charge is 0.365 e. The molecule has 1 atom stereocenters. The fraction of sp³-hybridized carbons (Fsp3) is 0.370. The van der Waals surface area contributed by atoms with E-state index in [0.29, 0.717) is 56.3 Å². The highest BCUT2D eigenvalue weighted by Crippen LogP contribution is 2.29. The van der Waals surface area contributed by atoms with E-state index >= 15 is 0 Å². The Morgan fingerprint density at radius 3 is 2.60 bits per heavy atom. The highest BCUT2D eigenvalue weighted by molar-refractivity contribution is 6.31. The van der Waals surface area contributed by atoms with Crippen LogP contribution in [-0.2, 0) is 29.2 Å². The van der Waals surface area contributed by atoms with Crippen molar-refractivity contribution in [2.24, 2.45) is 5.92 Å². The summed E-state index contributed by atoms with van der Waals surface area (Å²) in [5.74, 6) is -0.200. The van der Waals surface area contributed by atoms with Crippen LogP contribution in [0.15, 0.2) is 54.9 Å². The van der Waals surface area contributed by atoms with Gasteiger partial charge in [-0.05, 0) is 37.0 Å². The Balaban J connectivity index is 1.16. The lowest BCUT2D eigenvalue weighted by Gasteiger charge is -2.31. The molecule has 1 aromatic heterocycles. The molecule has 5 rings (SSSR count). The van der Waals surface area contributed by atoms with Crippen LogP contribution in [0.2, 0.25) is 5.02 Å². The first-order chi connectivity index (χ1) is 17.0. The molecule has 0 bridgehead atoms. The number of rotatable bonds is 5. The number of ether oxygens (including phenoxy) is 1. The molecule has 1 unspecified atom stereocenters. The topological polar surface area (TPSA) is 76.5 Å². The van der Waals surface area contributed by atoms with E-state index in [2.05, 4.69) is 41.5 Å². The normalized spacial score (nSPS) is 18.2. The average Bonchev–Trinajstić information content (AvgIpc) is 3.31. The molecule has 2 aliphatic rings. The van der Waals surface area contributed by atoms with Gasteiger partial charge in [0.1, 0.15) is 6.10 Å². The zero-order valence-corrected chi connectivity index (χ0v) is 20.5. The number of aryl methyl sites for hydroxylation is 1. The summed E-state index contributed by atoms with van der Waals surface area (Å²) in [5, 5.41) is 3.63. The van der Waals surface area contributed by atoms with E-state index in [1.807, 2.05) is 28.8 Å². The zero-order chi connectivity index (χ0) is 24.4. The molecule has 0 spiro atoms. The van der Waals surface area contributed by atoms with Gasteiger partial charge < -0.3 is 19.5 Å². The summed E-state index contributed by atoms with van der Waals surface area (Å²) in [4.78, 5) is 32.1. The van der Waals surface area contributed by atoms with Crippen molar-refractivity contribution in [2.45, 2.75) is 45.6 Å². The van der Waals surface area contributed by atoms with Crippen LogP contribution in [0.3, 0.4) is 0 Å². The van der Waals surface area contributed by atoms with Gasteiger partial charge in [-0.2, -0.15) is 0 Å². The van der Waals surface area contributed by atoms with Crippen molar-refractivity contribution in [1.82, 2.24) is 19.8 Å². The van der Waals surface area contributed by atoms with Gasteiger partial charge in [-0.25, -0.2) is 4.98 Å². The molecule has 7 nitrogen and oxygen atoms in total. The molecule has 0 radical (unpaired) electrons. The van der Waals surface area contributed by atoms with Crippen LogP contribution < -0.4 is 5.32 Å². The lowest BCUT2D eigenvalue weighted by atomic mass is 9.95. The fourth-order valence-corrected chi connectivity index (χ4v) is 4.95. The van der Waals surface area contributed by atoms with Gasteiger partial charge in [0.05, 0.1) is 25.2 Å². The maximum Gasteiger partial charge on any atom is 0.274 e. The predicted molar refractivity (Wildman–Crippen MR) is 133 cm³/mol. The van der Waals surface area contributed by atoms with Crippen LogP contribution >= 0.6 is 11.6 Å². The second-order valence-electron chi connectivity index (χ2n) is 9.28. The Labute approximate surface area is 210 Å². The number of hydrogen-bond donors (Lipinski definition) is 1. The summed E-state index contributed by atoms with van der Waals surface area (Å²) >= 11 is 6.18. The molecule has 0 aliphatic carbocycles. The van der Waals surface area contributed by atoms with Gasteiger partial charge in [0.2, 0.25) is 5.91 Å². The maximum absolute atomic E-state index is 13.2. The van der Waals surface area contributed by atoms with Crippen molar-refractivity contribution in [3.8, 4) is 0 Å². The van der Waals surface area contributed by atoms with Crippen LogP contribution in [0.25, 0.3) is 0 Å². The molecular weight excluding hydrogens is 464 g/mol. The van der Waals surface area contributed by atoms with E-state index in [1.54, 1.807) is 11.2 Å². The van der Waals surface area contributed by atoms with Gasteiger partial charge >= 0.3 is 0 Å². The van der Waals surface area contributed by atoms with Crippen molar-refractivity contribution in [2.75, 3.05) is 13.1 Å². The Hall–Kier alpha value is -3.16. The van der Waals surface area contributed by atoms with Gasteiger partial charge in [0.15, 0.2) is 5.69 Å². The summed E-state index contributed by atoms with van der Waals surface area (Å²) in [5.41, 5.74) is 4.50. The van der Waals surface area contributed by atoms with Crippen molar-refractivity contribution < 1.29 is 14.3 Å². The summed E-state index contributed by atoms with van der Waals surface area (Å²) in [6.07, 6.45) is 2.94. The molecule has 0 saturated carbocycles. The van der Waals surface area contributed by atoms with Crippen molar-refractivity contribution in [1.29, 1.82) is 0 Å². The molecule has 3 aromatic rings. The Kier molecular flexibility index (Phi) is 6.88. The molecule has 8 heteroatoms. The number of nitrogens with one attached hydrogen (secondary N) is 1. The fourth-order valence-electron chi connectivity index (χ4n) is 4.75. The number of carbonyl (C=O) groups is 2. The number of benzene rings is 2. The predicted octanol–water partition coefficient (Wildman–Crippen LogP) is 4.29. The number of likely N-dealkylation sites (tertiary alicyclic amines) is 1. The number of amides is 2.